The second-order valence-corrected chi connectivity index (χ2v) is 13.6. The summed E-state index contributed by atoms with van der Waals surface area (Å²) >= 11 is 5.04. The van der Waals surface area contributed by atoms with Crippen molar-refractivity contribution in [3.05, 3.63) is 87.3 Å². The highest BCUT2D eigenvalue weighted by Crippen LogP contribution is 2.32. The van der Waals surface area contributed by atoms with Crippen molar-refractivity contribution in [2.45, 2.75) is 26.5 Å². The zero-order valence-electron chi connectivity index (χ0n) is 22.7. The van der Waals surface area contributed by atoms with Crippen LogP contribution >= 0.6 is 27.3 Å². The Morgan fingerprint density at radius 2 is 1.93 bits per heavy atom. The molecule has 0 aliphatic carbocycles. The number of ether oxygens (including phenoxy) is 1. The van der Waals surface area contributed by atoms with Crippen LogP contribution in [0.3, 0.4) is 0 Å². The Morgan fingerprint density at radius 3 is 2.74 bits per heavy atom. The molecule has 42 heavy (non-hydrogen) atoms. The van der Waals surface area contributed by atoms with Crippen molar-refractivity contribution in [3.63, 3.8) is 0 Å². The number of nitrogens with zero attached hydrogens (tertiary/aromatic N) is 4. The molecule has 5 aromatic rings. The molecule has 0 spiro atoms. The molecule has 0 saturated carbocycles. The van der Waals surface area contributed by atoms with Crippen LogP contribution in [0.1, 0.15) is 23.9 Å². The van der Waals surface area contributed by atoms with Gasteiger partial charge >= 0.3 is 0 Å². The number of rotatable bonds is 13. The zero-order valence-corrected chi connectivity index (χ0v) is 25.9. The average molecular weight is 672 g/mol. The number of sulfone groups is 1. The van der Waals surface area contributed by atoms with Crippen LogP contribution in [-0.2, 0) is 23.0 Å². The van der Waals surface area contributed by atoms with Gasteiger partial charge in [0, 0.05) is 35.3 Å². The summed E-state index contributed by atoms with van der Waals surface area (Å²) < 4.78 is 43.9. The number of pyridine rings is 1. The minimum Gasteiger partial charge on any atom is -0.488 e. The molecule has 0 aliphatic heterocycles. The van der Waals surface area contributed by atoms with E-state index in [0.29, 0.717) is 42.3 Å². The predicted molar refractivity (Wildman–Crippen MR) is 167 cm³/mol. The van der Waals surface area contributed by atoms with Gasteiger partial charge in [0.05, 0.1) is 33.3 Å². The fraction of sp³-hybridized carbons (Fsp3) is 0.241. The summed E-state index contributed by atoms with van der Waals surface area (Å²) in [4.78, 5) is 18.0. The molecular weight excluding hydrogens is 643 g/mol. The average Bonchev–Trinajstić information content (AvgIpc) is 3.44. The Bertz CT molecular complexity index is 1800. The van der Waals surface area contributed by atoms with Gasteiger partial charge in [-0.1, -0.05) is 19.1 Å². The van der Waals surface area contributed by atoms with Gasteiger partial charge in [0.2, 0.25) is 0 Å². The number of aromatic nitrogens is 4. The molecule has 3 aromatic heterocycles. The fourth-order valence-electron chi connectivity index (χ4n) is 4.16. The summed E-state index contributed by atoms with van der Waals surface area (Å²) in [6, 6.07) is 13.8. The molecule has 9 nitrogen and oxygen atoms in total. The molecule has 0 aliphatic rings. The maximum atomic E-state index is 13.5. The second kappa shape index (κ2) is 13.6. The van der Waals surface area contributed by atoms with Crippen molar-refractivity contribution < 1.29 is 17.5 Å². The van der Waals surface area contributed by atoms with E-state index >= 15 is 0 Å². The van der Waals surface area contributed by atoms with E-state index in [4.69, 9.17) is 4.74 Å². The van der Waals surface area contributed by atoms with E-state index < -0.39 is 9.84 Å². The van der Waals surface area contributed by atoms with Crippen LogP contribution in [0.25, 0.3) is 22.3 Å². The van der Waals surface area contributed by atoms with Crippen LogP contribution < -0.4 is 15.4 Å². The Morgan fingerprint density at radius 1 is 1.05 bits per heavy atom. The number of halogens is 2. The number of benzene rings is 2. The summed E-state index contributed by atoms with van der Waals surface area (Å²) in [5.74, 6) is 1.25. The first-order chi connectivity index (χ1) is 20.3. The lowest BCUT2D eigenvalue weighted by atomic mass is 10.2. The molecule has 218 valence electrons. The van der Waals surface area contributed by atoms with Gasteiger partial charge in [-0.05, 0) is 64.3 Å². The van der Waals surface area contributed by atoms with E-state index in [-0.39, 0.29) is 23.9 Å². The summed E-state index contributed by atoms with van der Waals surface area (Å²) in [6.45, 7) is 2.96. The van der Waals surface area contributed by atoms with Crippen molar-refractivity contribution in [2.75, 3.05) is 23.4 Å². The SMILES string of the molecule is CCCS(=O)(=O)CCNCc1nc(-c2cc3c(Nc4ccc(OCc5cccc(F)c5)c(Br)c4)ncnc3cn2)cs1. The molecule has 0 unspecified atom stereocenters. The molecule has 3 heterocycles. The van der Waals surface area contributed by atoms with E-state index in [1.807, 2.05) is 42.6 Å². The summed E-state index contributed by atoms with van der Waals surface area (Å²) in [5.41, 5.74) is 3.59. The number of nitrogens with one attached hydrogen (secondary N) is 2. The van der Waals surface area contributed by atoms with Gasteiger partial charge in [0.25, 0.3) is 0 Å². The van der Waals surface area contributed by atoms with Gasteiger partial charge in [0.1, 0.15) is 35.3 Å². The van der Waals surface area contributed by atoms with Gasteiger partial charge in [0.15, 0.2) is 9.84 Å². The Balaban J connectivity index is 1.26. The normalized spacial score (nSPS) is 11.6. The van der Waals surface area contributed by atoms with Crippen molar-refractivity contribution in [2.24, 2.45) is 0 Å². The van der Waals surface area contributed by atoms with Crippen LogP contribution in [-0.4, -0.2) is 46.4 Å². The number of thiazole rings is 1. The van der Waals surface area contributed by atoms with Crippen LogP contribution in [0.4, 0.5) is 15.9 Å². The van der Waals surface area contributed by atoms with Crippen molar-refractivity contribution in [3.8, 4) is 17.1 Å². The minimum atomic E-state index is -3.02. The third-order valence-corrected chi connectivity index (χ3v) is 9.52. The van der Waals surface area contributed by atoms with Crippen molar-refractivity contribution in [1.82, 2.24) is 25.3 Å². The maximum Gasteiger partial charge on any atom is 0.151 e. The van der Waals surface area contributed by atoms with Crippen molar-refractivity contribution >= 4 is 59.5 Å². The molecular formula is C29H28BrFN6O3S2. The first-order valence-corrected chi connectivity index (χ1v) is 16.7. The summed E-state index contributed by atoms with van der Waals surface area (Å²) in [7, 11) is -3.02. The van der Waals surface area contributed by atoms with Crippen molar-refractivity contribution in [1.29, 1.82) is 0 Å². The third kappa shape index (κ3) is 7.85. The largest absolute Gasteiger partial charge is 0.488 e. The number of hydrogen-bond donors (Lipinski definition) is 2. The lowest BCUT2D eigenvalue weighted by Crippen LogP contribution is -2.24. The van der Waals surface area contributed by atoms with E-state index in [0.717, 1.165) is 31.8 Å². The molecule has 2 N–H and O–H groups in total. The molecule has 0 atom stereocenters. The van der Waals surface area contributed by atoms with E-state index in [9.17, 15) is 12.8 Å². The van der Waals surface area contributed by atoms with Crippen LogP contribution in [0.5, 0.6) is 5.75 Å². The fourth-order valence-corrected chi connectivity index (χ4v) is 6.70. The predicted octanol–water partition coefficient (Wildman–Crippen LogP) is 6.29. The first-order valence-electron chi connectivity index (χ1n) is 13.2. The summed E-state index contributed by atoms with van der Waals surface area (Å²) in [5, 5.41) is 10.1. The molecule has 0 bridgehead atoms. The van der Waals surface area contributed by atoms with E-state index in [1.165, 1.54) is 29.8 Å². The highest BCUT2D eigenvalue weighted by atomic mass is 79.9. The van der Waals surface area contributed by atoms with Gasteiger partial charge in [-0.2, -0.15) is 0 Å². The van der Waals surface area contributed by atoms with Gasteiger partial charge in [-0.25, -0.2) is 27.8 Å². The van der Waals surface area contributed by atoms with E-state index in [1.54, 1.807) is 12.3 Å². The van der Waals surface area contributed by atoms with E-state index in [2.05, 4.69) is 46.5 Å². The highest BCUT2D eigenvalue weighted by molar-refractivity contribution is 9.10. The lowest BCUT2D eigenvalue weighted by Gasteiger charge is -2.12. The smallest absolute Gasteiger partial charge is 0.151 e. The maximum absolute atomic E-state index is 13.5. The molecule has 0 radical (unpaired) electrons. The van der Waals surface area contributed by atoms with Crippen LogP contribution in [0, 0.1) is 5.82 Å². The molecule has 13 heteroatoms. The number of fused-ring (bicyclic) bond motifs is 1. The molecule has 0 saturated heterocycles. The molecule has 5 rings (SSSR count). The Labute approximate surface area is 255 Å². The minimum absolute atomic E-state index is 0.113. The second-order valence-electron chi connectivity index (χ2n) is 9.45. The molecule has 2 aromatic carbocycles. The quantitative estimate of drug-likeness (QED) is 0.139. The first kappa shape index (κ1) is 30.0. The van der Waals surface area contributed by atoms with Gasteiger partial charge < -0.3 is 15.4 Å². The topological polar surface area (TPSA) is 119 Å². The standard InChI is InChI=1S/C29H28BrFN6O3S2/c1-2-9-42(38,39)10-8-32-15-28-37-26(17-41-28)24-13-22-25(14-33-24)34-18-35-29(22)36-21-6-7-27(23(30)12-21)40-16-19-4-3-5-20(31)11-19/h3-7,11-14,17-18,32H,2,8-10,15-16H2,1H3,(H,34,35,36). The Kier molecular flexibility index (Phi) is 9.73. The van der Waals surface area contributed by atoms with Gasteiger partial charge in [-0.15, -0.1) is 11.3 Å². The molecule has 0 amide bonds. The Hall–Kier alpha value is -3.52. The highest BCUT2D eigenvalue weighted by Gasteiger charge is 2.13. The number of anilines is 2. The zero-order chi connectivity index (χ0) is 29.5. The van der Waals surface area contributed by atoms with Crippen LogP contribution in [0.15, 0.2) is 70.9 Å². The van der Waals surface area contributed by atoms with Gasteiger partial charge in [-0.3, -0.25) is 4.98 Å². The number of hydrogen-bond acceptors (Lipinski definition) is 10. The monoisotopic (exact) mass is 670 g/mol. The third-order valence-electron chi connectivity index (χ3n) is 6.20. The van der Waals surface area contributed by atoms with Crippen LogP contribution in [0.2, 0.25) is 0 Å². The molecule has 0 fully saturated rings. The lowest BCUT2D eigenvalue weighted by molar-refractivity contribution is 0.303. The summed E-state index contributed by atoms with van der Waals surface area (Å²) in [6.07, 6.45) is 3.79.